The third-order valence-corrected chi connectivity index (χ3v) is 3.05. The van der Waals surface area contributed by atoms with Gasteiger partial charge < -0.3 is 15.1 Å². The zero-order chi connectivity index (χ0) is 12.3. The lowest BCUT2D eigenvalue weighted by Gasteiger charge is -2.32. The van der Waals surface area contributed by atoms with Crippen LogP contribution in [0.4, 0.5) is 5.69 Å². The Balaban J connectivity index is 2.04. The fourth-order valence-electron chi connectivity index (χ4n) is 2.19. The van der Waals surface area contributed by atoms with E-state index < -0.39 is 5.97 Å². The van der Waals surface area contributed by atoms with E-state index in [1.54, 1.807) is 0 Å². The molecular weight excluding hydrogens is 218 g/mol. The minimum absolute atomic E-state index is 0.0584. The fraction of sp³-hybridized carbons (Fsp3) is 0.462. The number of carboxylic acid groups (broad SMARTS) is 1. The quantitative estimate of drug-likeness (QED) is 0.828. The van der Waals surface area contributed by atoms with Crippen LogP contribution >= 0.6 is 0 Å². The van der Waals surface area contributed by atoms with Gasteiger partial charge in [0.2, 0.25) is 0 Å². The average molecular weight is 235 g/mol. The standard InChI is InChI=1S/C13H17NO3/c15-12-2-1-7-14(9-12)11-5-3-10(4-6-11)8-13(16)17/h3-6,12,15H,1-2,7-9H2,(H,16,17). The van der Waals surface area contributed by atoms with Crippen molar-refractivity contribution in [1.82, 2.24) is 0 Å². The van der Waals surface area contributed by atoms with Crippen LogP contribution in [0.2, 0.25) is 0 Å². The second-order valence-electron chi connectivity index (χ2n) is 4.48. The van der Waals surface area contributed by atoms with E-state index in [1.807, 2.05) is 24.3 Å². The van der Waals surface area contributed by atoms with E-state index in [1.165, 1.54) is 0 Å². The molecule has 0 aromatic heterocycles. The van der Waals surface area contributed by atoms with E-state index in [4.69, 9.17) is 5.11 Å². The number of aliphatic hydroxyl groups excluding tert-OH is 1. The van der Waals surface area contributed by atoms with Crippen molar-refractivity contribution in [2.45, 2.75) is 25.4 Å². The Morgan fingerprint density at radius 3 is 2.65 bits per heavy atom. The maximum absolute atomic E-state index is 10.6. The summed E-state index contributed by atoms with van der Waals surface area (Å²) in [6, 6.07) is 7.53. The third-order valence-electron chi connectivity index (χ3n) is 3.05. The Morgan fingerprint density at radius 2 is 2.06 bits per heavy atom. The highest BCUT2D eigenvalue weighted by molar-refractivity contribution is 5.70. The molecule has 4 heteroatoms. The van der Waals surface area contributed by atoms with E-state index in [9.17, 15) is 9.90 Å². The van der Waals surface area contributed by atoms with E-state index >= 15 is 0 Å². The highest BCUT2D eigenvalue weighted by Gasteiger charge is 2.17. The van der Waals surface area contributed by atoms with Crippen molar-refractivity contribution in [2.24, 2.45) is 0 Å². The topological polar surface area (TPSA) is 60.8 Å². The number of aliphatic hydroxyl groups is 1. The van der Waals surface area contributed by atoms with Crippen LogP contribution in [-0.2, 0) is 11.2 Å². The number of carboxylic acids is 1. The molecule has 1 heterocycles. The average Bonchev–Trinajstić information content (AvgIpc) is 2.29. The van der Waals surface area contributed by atoms with Crippen molar-refractivity contribution in [1.29, 1.82) is 0 Å². The number of nitrogens with zero attached hydrogens (tertiary/aromatic N) is 1. The maximum Gasteiger partial charge on any atom is 0.307 e. The van der Waals surface area contributed by atoms with Gasteiger partial charge in [0.25, 0.3) is 0 Å². The van der Waals surface area contributed by atoms with Gasteiger partial charge >= 0.3 is 5.97 Å². The molecule has 2 rings (SSSR count). The minimum Gasteiger partial charge on any atom is -0.481 e. The van der Waals surface area contributed by atoms with Gasteiger partial charge in [-0.05, 0) is 30.5 Å². The van der Waals surface area contributed by atoms with Gasteiger partial charge in [0, 0.05) is 18.8 Å². The summed E-state index contributed by atoms with van der Waals surface area (Å²) in [4.78, 5) is 12.7. The molecule has 1 fully saturated rings. The van der Waals surface area contributed by atoms with Crippen molar-refractivity contribution in [3.8, 4) is 0 Å². The zero-order valence-electron chi connectivity index (χ0n) is 9.67. The molecule has 1 saturated heterocycles. The van der Waals surface area contributed by atoms with Gasteiger partial charge in [0.15, 0.2) is 0 Å². The lowest BCUT2D eigenvalue weighted by molar-refractivity contribution is -0.136. The summed E-state index contributed by atoms with van der Waals surface area (Å²) < 4.78 is 0. The largest absolute Gasteiger partial charge is 0.481 e. The van der Waals surface area contributed by atoms with Crippen LogP contribution in [0.15, 0.2) is 24.3 Å². The second-order valence-corrected chi connectivity index (χ2v) is 4.48. The molecule has 0 spiro atoms. The van der Waals surface area contributed by atoms with Crippen molar-refractivity contribution < 1.29 is 15.0 Å². The highest BCUT2D eigenvalue weighted by atomic mass is 16.4. The van der Waals surface area contributed by atoms with Crippen molar-refractivity contribution in [3.05, 3.63) is 29.8 Å². The number of hydrogen-bond acceptors (Lipinski definition) is 3. The number of carbonyl (C=O) groups is 1. The Morgan fingerprint density at radius 1 is 1.35 bits per heavy atom. The summed E-state index contributed by atoms with van der Waals surface area (Å²) in [6.07, 6.45) is 1.68. The number of β-amino-alcohol motifs (C(OH)–C–C–N with tert-alkyl or cyclic N) is 1. The number of aliphatic carboxylic acids is 1. The molecule has 0 saturated carbocycles. The molecule has 4 nitrogen and oxygen atoms in total. The van der Waals surface area contributed by atoms with Crippen LogP contribution in [0, 0.1) is 0 Å². The number of benzene rings is 1. The van der Waals surface area contributed by atoms with E-state index in [2.05, 4.69) is 4.90 Å². The molecule has 1 aromatic carbocycles. The zero-order valence-corrected chi connectivity index (χ0v) is 9.67. The molecule has 1 aliphatic heterocycles. The summed E-state index contributed by atoms with van der Waals surface area (Å²) in [5, 5.41) is 18.3. The Bertz CT molecular complexity index is 388. The van der Waals surface area contributed by atoms with Crippen molar-refractivity contribution >= 4 is 11.7 Å². The lowest BCUT2D eigenvalue weighted by atomic mass is 10.1. The first kappa shape index (κ1) is 11.9. The summed E-state index contributed by atoms with van der Waals surface area (Å²) in [6.45, 7) is 1.62. The Labute approximate surface area is 100 Å². The maximum atomic E-state index is 10.6. The molecule has 1 aromatic rings. The van der Waals surface area contributed by atoms with Gasteiger partial charge in [0.05, 0.1) is 12.5 Å². The van der Waals surface area contributed by atoms with Gasteiger partial charge in [0.1, 0.15) is 0 Å². The minimum atomic E-state index is -0.814. The molecule has 1 aliphatic rings. The SMILES string of the molecule is O=C(O)Cc1ccc(N2CCCC(O)C2)cc1. The summed E-state index contributed by atoms with van der Waals surface area (Å²) in [7, 11) is 0. The number of anilines is 1. The number of rotatable bonds is 3. The van der Waals surface area contributed by atoms with Crippen LogP contribution < -0.4 is 4.90 Å². The first-order valence-corrected chi connectivity index (χ1v) is 5.89. The smallest absolute Gasteiger partial charge is 0.307 e. The normalized spacial score (nSPS) is 20.3. The van der Waals surface area contributed by atoms with E-state index in [0.29, 0.717) is 6.54 Å². The molecule has 1 unspecified atom stereocenters. The Hall–Kier alpha value is -1.55. The number of hydrogen-bond donors (Lipinski definition) is 2. The fourth-order valence-corrected chi connectivity index (χ4v) is 2.19. The third kappa shape index (κ3) is 3.20. The molecular formula is C13H17NO3. The van der Waals surface area contributed by atoms with Gasteiger partial charge in [-0.3, -0.25) is 4.79 Å². The van der Waals surface area contributed by atoms with Gasteiger partial charge in [-0.25, -0.2) is 0 Å². The van der Waals surface area contributed by atoms with E-state index in [-0.39, 0.29) is 12.5 Å². The van der Waals surface area contributed by atoms with Crippen molar-refractivity contribution in [2.75, 3.05) is 18.0 Å². The molecule has 2 N–H and O–H groups in total. The Kier molecular flexibility index (Phi) is 3.64. The molecule has 0 amide bonds. The molecule has 0 radical (unpaired) electrons. The number of piperidine rings is 1. The van der Waals surface area contributed by atoms with Crippen LogP contribution in [0.1, 0.15) is 18.4 Å². The lowest BCUT2D eigenvalue weighted by Crippen LogP contribution is -2.38. The molecule has 1 atom stereocenters. The van der Waals surface area contributed by atoms with Crippen LogP contribution in [0.5, 0.6) is 0 Å². The summed E-state index contributed by atoms with van der Waals surface area (Å²) >= 11 is 0. The summed E-state index contributed by atoms with van der Waals surface area (Å²) in [5.41, 5.74) is 1.86. The molecule has 0 aliphatic carbocycles. The predicted molar refractivity (Wildman–Crippen MR) is 65.2 cm³/mol. The molecule has 17 heavy (non-hydrogen) atoms. The van der Waals surface area contributed by atoms with Crippen LogP contribution in [0.25, 0.3) is 0 Å². The first-order valence-electron chi connectivity index (χ1n) is 5.89. The monoisotopic (exact) mass is 235 g/mol. The second kappa shape index (κ2) is 5.19. The van der Waals surface area contributed by atoms with E-state index in [0.717, 1.165) is 30.6 Å². The predicted octanol–water partition coefficient (Wildman–Crippen LogP) is 1.27. The van der Waals surface area contributed by atoms with Crippen LogP contribution in [0.3, 0.4) is 0 Å². The van der Waals surface area contributed by atoms with Crippen LogP contribution in [-0.4, -0.2) is 35.4 Å². The molecule has 0 bridgehead atoms. The van der Waals surface area contributed by atoms with Gasteiger partial charge in [-0.1, -0.05) is 12.1 Å². The van der Waals surface area contributed by atoms with Crippen molar-refractivity contribution in [3.63, 3.8) is 0 Å². The van der Waals surface area contributed by atoms with Gasteiger partial charge in [-0.2, -0.15) is 0 Å². The first-order chi connectivity index (χ1) is 8.15. The summed E-state index contributed by atoms with van der Waals surface area (Å²) in [5.74, 6) is -0.814. The highest BCUT2D eigenvalue weighted by Crippen LogP contribution is 2.20. The molecule has 92 valence electrons. The van der Waals surface area contributed by atoms with Gasteiger partial charge in [-0.15, -0.1) is 0 Å².